The predicted molar refractivity (Wildman–Crippen MR) is 79.8 cm³/mol. The summed E-state index contributed by atoms with van der Waals surface area (Å²) in [6.07, 6.45) is 1.27. The van der Waals surface area contributed by atoms with Crippen molar-refractivity contribution >= 4 is 11.8 Å². The van der Waals surface area contributed by atoms with Gasteiger partial charge in [-0.05, 0) is 19.8 Å². The summed E-state index contributed by atoms with van der Waals surface area (Å²) < 4.78 is 0. The average Bonchev–Trinajstić information content (AvgIpc) is 2.36. The monoisotopic (exact) mass is 278 g/mol. The molecule has 0 fully saturated rings. The van der Waals surface area contributed by atoms with Crippen molar-refractivity contribution in [2.45, 2.75) is 53.0 Å². The second kappa shape index (κ2) is 7.94. The summed E-state index contributed by atoms with van der Waals surface area (Å²) in [4.78, 5) is 25.6. The van der Waals surface area contributed by atoms with Crippen molar-refractivity contribution in [2.75, 3.05) is 13.1 Å². The number of nitrogens with one attached hydrogen (secondary N) is 1. The van der Waals surface area contributed by atoms with Gasteiger partial charge in [-0.3, -0.25) is 9.59 Å². The minimum Gasteiger partial charge on any atom is -0.354 e. The number of hydrogen-bond donors (Lipinski definition) is 1. The molecular formula is C16H26N2O2. The van der Waals surface area contributed by atoms with Crippen LogP contribution >= 0.6 is 0 Å². The molecule has 0 aromatic carbocycles. The molecule has 4 nitrogen and oxygen atoms in total. The Bertz CT molecular complexity index is 406. The van der Waals surface area contributed by atoms with Crippen molar-refractivity contribution in [1.29, 1.82) is 0 Å². The summed E-state index contributed by atoms with van der Waals surface area (Å²) in [7, 11) is 0. The van der Waals surface area contributed by atoms with Gasteiger partial charge in [0.25, 0.3) is 0 Å². The lowest BCUT2D eigenvalue weighted by molar-refractivity contribution is -0.134. The molecule has 2 atom stereocenters. The van der Waals surface area contributed by atoms with Gasteiger partial charge in [-0.1, -0.05) is 19.8 Å². The zero-order chi connectivity index (χ0) is 15.1. The van der Waals surface area contributed by atoms with E-state index in [1.807, 2.05) is 18.7 Å². The van der Waals surface area contributed by atoms with Crippen LogP contribution in [0.5, 0.6) is 0 Å². The van der Waals surface area contributed by atoms with Crippen molar-refractivity contribution in [1.82, 2.24) is 10.2 Å². The smallest absolute Gasteiger partial charge is 0.223 e. The molecule has 0 unspecified atom stereocenters. The molecule has 0 radical (unpaired) electrons. The molecule has 0 saturated heterocycles. The van der Waals surface area contributed by atoms with Crippen molar-refractivity contribution < 1.29 is 9.59 Å². The van der Waals surface area contributed by atoms with E-state index in [4.69, 9.17) is 0 Å². The summed E-state index contributed by atoms with van der Waals surface area (Å²) in [6, 6.07) is 0.121. The van der Waals surface area contributed by atoms with Gasteiger partial charge in [0.1, 0.15) is 0 Å². The normalized spacial score (nSPS) is 22.6. The summed E-state index contributed by atoms with van der Waals surface area (Å²) in [5.41, 5.74) is 0. The van der Waals surface area contributed by atoms with Gasteiger partial charge in [-0.15, -0.1) is 5.92 Å². The Morgan fingerprint density at radius 3 is 2.65 bits per heavy atom. The van der Waals surface area contributed by atoms with Crippen molar-refractivity contribution in [2.24, 2.45) is 11.8 Å². The lowest BCUT2D eigenvalue weighted by atomic mass is 9.94. The average molecular weight is 278 g/mol. The molecule has 0 aliphatic carbocycles. The lowest BCUT2D eigenvalue weighted by Gasteiger charge is -2.28. The molecule has 1 rings (SSSR count). The fourth-order valence-electron chi connectivity index (χ4n) is 2.16. The highest BCUT2D eigenvalue weighted by Crippen LogP contribution is 2.15. The number of carbonyl (C=O) groups excluding carboxylic acids is 2. The maximum absolute atomic E-state index is 12.2. The van der Waals surface area contributed by atoms with Crippen LogP contribution in [0.15, 0.2) is 0 Å². The molecule has 0 saturated carbocycles. The predicted octanol–water partition coefficient (Wildman–Crippen LogP) is 1.80. The molecule has 112 valence electrons. The first-order chi connectivity index (χ1) is 9.40. The summed E-state index contributed by atoms with van der Waals surface area (Å²) in [6.45, 7) is 9.47. The quantitative estimate of drug-likeness (QED) is 0.797. The topological polar surface area (TPSA) is 49.4 Å². The minimum absolute atomic E-state index is 0.0541. The molecule has 0 aromatic rings. The Kier molecular flexibility index (Phi) is 6.57. The minimum atomic E-state index is -0.0541. The van der Waals surface area contributed by atoms with Gasteiger partial charge >= 0.3 is 0 Å². The number of carbonyl (C=O) groups is 2. The van der Waals surface area contributed by atoms with Gasteiger partial charge in [0.15, 0.2) is 0 Å². The van der Waals surface area contributed by atoms with Crippen LogP contribution in [0, 0.1) is 23.7 Å². The molecule has 20 heavy (non-hydrogen) atoms. The van der Waals surface area contributed by atoms with E-state index in [1.165, 1.54) is 0 Å². The van der Waals surface area contributed by atoms with Crippen LogP contribution in [0.3, 0.4) is 0 Å². The maximum Gasteiger partial charge on any atom is 0.223 e. The Labute approximate surface area is 122 Å². The molecule has 1 aliphatic heterocycles. The van der Waals surface area contributed by atoms with E-state index >= 15 is 0 Å². The van der Waals surface area contributed by atoms with Crippen LogP contribution in [-0.2, 0) is 9.59 Å². The number of rotatable bonds is 4. The molecule has 0 aromatic heterocycles. The summed E-state index contributed by atoms with van der Waals surface area (Å²) in [5, 5.41) is 2.81. The Hall–Kier alpha value is -1.50. The van der Waals surface area contributed by atoms with Crippen molar-refractivity contribution in [3.63, 3.8) is 0 Å². The third kappa shape index (κ3) is 5.64. The first-order valence-electron chi connectivity index (χ1n) is 7.45. The Morgan fingerprint density at radius 2 is 2.00 bits per heavy atom. The SMILES string of the molecule is CC(C)NC(=O)CCC(=O)N1CCC#C[C@H](C)[C@@H](C)C1. The molecule has 2 amide bonds. The van der Waals surface area contributed by atoms with Crippen LogP contribution in [0.25, 0.3) is 0 Å². The first-order valence-corrected chi connectivity index (χ1v) is 7.45. The zero-order valence-corrected chi connectivity index (χ0v) is 13.0. The van der Waals surface area contributed by atoms with E-state index in [9.17, 15) is 9.59 Å². The van der Waals surface area contributed by atoms with Crippen LogP contribution in [0.4, 0.5) is 0 Å². The number of amides is 2. The van der Waals surface area contributed by atoms with Crippen LogP contribution in [0.1, 0.15) is 47.0 Å². The van der Waals surface area contributed by atoms with Crippen molar-refractivity contribution in [3.05, 3.63) is 0 Å². The lowest BCUT2D eigenvalue weighted by Crippen LogP contribution is -2.38. The standard InChI is InChI=1S/C16H26N2O2/c1-12(2)17-15(19)8-9-16(20)18-10-6-5-7-13(3)14(4)11-18/h12-14H,6,8-11H2,1-4H3,(H,17,19)/t13-,14-/m0/s1. The fraction of sp³-hybridized carbons (Fsp3) is 0.750. The van der Waals surface area contributed by atoms with Crippen LogP contribution in [0.2, 0.25) is 0 Å². The number of nitrogens with zero attached hydrogens (tertiary/aromatic N) is 1. The van der Waals surface area contributed by atoms with E-state index < -0.39 is 0 Å². The molecule has 1 aliphatic rings. The van der Waals surface area contributed by atoms with E-state index in [0.29, 0.717) is 18.4 Å². The highest BCUT2D eigenvalue weighted by Gasteiger charge is 2.21. The van der Waals surface area contributed by atoms with Gasteiger partial charge in [0, 0.05) is 44.3 Å². The van der Waals surface area contributed by atoms with Gasteiger partial charge in [0.05, 0.1) is 0 Å². The van der Waals surface area contributed by atoms with E-state index in [1.54, 1.807) is 0 Å². The van der Waals surface area contributed by atoms with E-state index in [0.717, 1.165) is 13.0 Å². The van der Waals surface area contributed by atoms with Crippen LogP contribution in [-0.4, -0.2) is 35.8 Å². The Balaban J connectivity index is 2.47. The van der Waals surface area contributed by atoms with Gasteiger partial charge in [-0.2, -0.15) is 0 Å². The highest BCUT2D eigenvalue weighted by molar-refractivity contribution is 5.83. The summed E-state index contributed by atoms with van der Waals surface area (Å²) in [5.74, 6) is 7.03. The Morgan fingerprint density at radius 1 is 1.30 bits per heavy atom. The first kappa shape index (κ1) is 16.6. The zero-order valence-electron chi connectivity index (χ0n) is 13.0. The van der Waals surface area contributed by atoms with Crippen molar-refractivity contribution in [3.8, 4) is 11.8 Å². The fourth-order valence-corrected chi connectivity index (χ4v) is 2.16. The van der Waals surface area contributed by atoms with E-state index in [-0.39, 0.29) is 30.7 Å². The van der Waals surface area contributed by atoms with E-state index in [2.05, 4.69) is 31.0 Å². The molecule has 0 spiro atoms. The van der Waals surface area contributed by atoms with Gasteiger partial charge in [-0.25, -0.2) is 0 Å². The molecule has 1 N–H and O–H groups in total. The highest BCUT2D eigenvalue weighted by atomic mass is 16.2. The molecule has 4 heteroatoms. The second-order valence-corrected chi connectivity index (χ2v) is 5.90. The molecule has 0 bridgehead atoms. The maximum atomic E-state index is 12.2. The molecular weight excluding hydrogens is 252 g/mol. The largest absolute Gasteiger partial charge is 0.354 e. The third-order valence-corrected chi connectivity index (χ3v) is 3.57. The third-order valence-electron chi connectivity index (χ3n) is 3.57. The second-order valence-electron chi connectivity index (χ2n) is 5.90. The number of hydrogen-bond acceptors (Lipinski definition) is 2. The van der Waals surface area contributed by atoms with Crippen LogP contribution < -0.4 is 5.32 Å². The summed E-state index contributed by atoms with van der Waals surface area (Å²) >= 11 is 0. The molecule has 1 heterocycles. The van der Waals surface area contributed by atoms with Gasteiger partial charge < -0.3 is 10.2 Å². The van der Waals surface area contributed by atoms with Gasteiger partial charge in [0.2, 0.25) is 11.8 Å².